The monoisotopic (exact) mass is 252 g/mol. The minimum absolute atomic E-state index is 0.00336. The quantitative estimate of drug-likeness (QED) is 0.674. The molecule has 3 aliphatic rings. The van der Waals surface area contributed by atoms with E-state index in [-0.39, 0.29) is 12.0 Å². The van der Waals surface area contributed by atoms with Gasteiger partial charge in [-0.15, -0.1) is 0 Å². The lowest BCUT2D eigenvalue weighted by Crippen LogP contribution is -2.50. The van der Waals surface area contributed by atoms with Gasteiger partial charge in [0.2, 0.25) is 0 Å². The van der Waals surface area contributed by atoms with Crippen LogP contribution < -0.4 is 0 Å². The summed E-state index contributed by atoms with van der Waals surface area (Å²) in [7, 11) is 0. The van der Waals surface area contributed by atoms with Gasteiger partial charge in [-0.1, -0.05) is 26.7 Å². The minimum atomic E-state index is -1.26. The van der Waals surface area contributed by atoms with Crippen LogP contribution in [0.2, 0.25) is 0 Å². The van der Waals surface area contributed by atoms with Crippen molar-refractivity contribution in [3.05, 3.63) is 0 Å². The predicted molar refractivity (Wildman–Crippen MR) is 67.8 cm³/mol. The third-order valence-electron chi connectivity index (χ3n) is 6.01. The first-order valence-electron chi connectivity index (χ1n) is 7.28. The summed E-state index contributed by atoms with van der Waals surface area (Å²) in [4.78, 5) is 11.8. The van der Waals surface area contributed by atoms with E-state index in [9.17, 15) is 9.90 Å². The van der Waals surface area contributed by atoms with Gasteiger partial charge in [-0.3, -0.25) is 0 Å². The van der Waals surface area contributed by atoms with Gasteiger partial charge in [0.05, 0.1) is 0 Å². The van der Waals surface area contributed by atoms with Gasteiger partial charge in [-0.25, -0.2) is 4.79 Å². The van der Waals surface area contributed by atoms with Gasteiger partial charge in [-0.2, -0.15) is 0 Å². The van der Waals surface area contributed by atoms with Crippen molar-refractivity contribution in [2.75, 3.05) is 0 Å². The first-order valence-corrected chi connectivity index (χ1v) is 7.28. The van der Waals surface area contributed by atoms with Gasteiger partial charge in [0.1, 0.15) is 6.10 Å². The molecule has 2 aliphatic carbocycles. The molecule has 18 heavy (non-hydrogen) atoms. The molecule has 3 nitrogen and oxygen atoms in total. The van der Waals surface area contributed by atoms with Gasteiger partial charge in [0.25, 0.3) is 0 Å². The van der Waals surface area contributed by atoms with Crippen LogP contribution in [0.15, 0.2) is 0 Å². The number of esters is 1. The molecule has 1 heterocycles. The van der Waals surface area contributed by atoms with Gasteiger partial charge < -0.3 is 9.84 Å². The lowest BCUT2D eigenvalue weighted by atomic mass is 9.53. The maximum Gasteiger partial charge on any atom is 0.338 e. The first kappa shape index (κ1) is 12.5. The Hall–Kier alpha value is -0.570. The number of rotatable bonds is 0. The molecule has 0 aromatic carbocycles. The number of fused-ring (bicyclic) bond motifs is 2. The number of carbonyl (C=O) groups excluding carboxylic acids is 1. The van der Waals surface area contributed by atoms with Crippen molar-refractivity contribution in [2.45, 2.75) is 64.6 Å². The number of ether oxygens (including phenoxy) is 1. The molecule has 3 heteroatoms. The van der Waals surface area contributed by atoms with E-state index in [1.54, 1.807) is 6.92 Å². The van der Waals surface area contributed by atoms with Crippen molar-refractivity contribution in [1.29, 1.82) is 0 Å². The van der Waals surface area contributed by atoms with E-state index in [1.807, 2.05) is 0 Å². The summed E-state index contributed by atoms with van der Waals surface area (Å²) < 4.78 is 5.44. The van der Waals surface area contributed by atoms with E-state index >= 15 is 0 Å². The van der Waals surface area contributed by atoms with Crippen LogP contribution in [0, 0.1) is 23.2 Å². The van der Waals surface area contributed by atoms with Crippen molar-refractivity contribution in [2.24, 2.45) is 23.2 Å². The van der Waals surface area contributed by atoms with Crippen molar-refractivity contribution in [3.8, 4) is 0 Å². The highest BCUT2D eigenvalue weighted by Gasteiger charge is 2.60. The average molecular weight is 252 g/mol. The molecule has 6 atom stereocenters. The zero-order valence-electron chi connectivity index (χ0n) is 11.6. The molecule has 2 saturated carbocycles. The largest absolute Gasteiger partial charge is 0.460 e. The molecule has 0 spiro atoms. The van der Waals surface area contributed by atoms with E-state index in [0.29, 0.717) is 17.3 Å². The second kappa shape index (κ2) is 3.72. The van der Waals surface area contributed by atoms with Crippen molar-refractivity contribution in [1.82, 2.24) is 0 Å². The predicted octanol–water partition coefficient (Wildman–Crippen LogP) is 2.52. The summed E-state index contributed by atoms with van der Waals surface area (Å²) in [6, 6.07) is 0. The Morgan fingerprint density at radius 2 is 2.06 bits per heavy atom. The van der Waals surface area contributed by atoms with E-state index in [2.05, 4.69) is 13.8 Å². The lowest BCUT2D eigenvalue weighted by molar-refractivity contribution is -0.154. The van der Waals surface area contributed by atoms with Crippen LogP contribution in [0.25, 0.3) is 0 Å². The molecule has 1 unspecified atom stereocenters. The fourth-order valence-electron chi connectivity index (χ4n) is 4.82. The third kappa shape index (κ3) is 1.56. The Morgan fingerprint density at radius 3 is 2.78 bits per heavy atom. The van der Waals surface area contributed by atoms with Crippen molar-refractivity contribution >= 4 is 5.97 Å². The highest BCUT2D eigenvalue weighted by molar-refractivity contribution is 5.81. The molecule has 1 saturated heterocycles. The normalized spacial score (nSPS) is 55.7. The molecule has 3 fully saturated rings. The van der Waals surface area contributed by atoms with Gasteiger partial charge >= 0.3 is 5.97 Å². The first-order chi connectivity index (χ1) is 8.34. The van der Waals surface area contributed by atoms with Crippen LogP contribution in [0.1, 0.15) is 52.9 Å². The zero-order chi connectivity index (χ0) is 13.1. The molecule has 3 rings (SSSR count). The van der Waals surface area contributed by atoms with Crippen molar-refractivity contribution in [3.63, 3.8) is 0 Å². The summed E-state index contributed by atoms with van der Waals surface area (Å²) in [5.41, 5.74) is -0.956. The molecule has 0 amide bonds. The number of aliphatic hydroxyl groups is 1. The average Bonchev–Trinajstić information content (AvgIpc) is 2.47. The Kier molecular flexibility index (Phi) is 2.58. The van der Waals surface area contributed by atoms with E-state index < -0.39 is 11.6 Å². The Morgan fingerprint density at radius 1 is 1.33 bits per heavy atom. The summed E-state index contributed by atoms with van der Waals surface area (Å²) in [5.74, 6) is 0.931. The van der Waals surface area contributed by atoms with E-state index in [0.717, 1.165) is 12.8 Å². The molecule has 0 aromatic rings. The molecular formula is C15H24O3. The zero-order valence-corrected chi connectivity index (χ0v) is 11.6. The number of hydrogen-bond donors (Lipinski definition) is 1. The van der Waals surface area contributed by atoms with Gasteiger partial charge in [0, 0.05) is 5.92 Å². The fourth-order valence-corrected chi connectivity index (χ4v) is 4.82. The SMILES string of the molecule is C[C@H]1CCC[C@]2(C)C[C@H]3OC(=O)[C@@](C)(O)[C@H]3CC12. The molecule has 102 valence electrons. The molecule has 1 N–H and O–H groups in total. The second-order valence-electron chi connectivity index (χ2n) is 7.27. The summed E-state index contributed by atoms with van der Waals surface area (Å²) >= 11 is 0. The number of carbonyl (C=O) groups is 1. The van der Waals surface area contributed by atoms with Crippen LogP contribution in [-0.4, -0.2) is 22.8 Å². The topological polar surface area (TPSA) is 46.5 Å². The van der Waals surface area contributed by atoms with Crippen LogP contribution in [0.4, 0.5) is 0 Å². The van der Waals surface area contributed by atoms with E-state index in [4.69, 9.17) is 4.74 Å². The Bertz CT molecular complexity index is 376. The molecule has 1 aliphatic heterocycles. The smallest absolute Gasteiger partial charge is 0.338 e. The maximum absolute atomic E-state index is 11.8. The van der Waals surface area contributed by atoms with Crippen LogP contribution in [0.5, 0.6) is 0 Å². The fraction of sp³-hybridized carbons (Fsp3) is 0.933. The van der Waals surface area contributed by atoms with Gasteiger partial charge in [0.15, 0.2) is 5.60 Å². The van der Waals surface area contributed by atoms with Crippen LogP contribution in [-0.2, 0) is 9.53 Å². The molecular weight excluding hydrogens is 228 g/mol. The minimum Gasteiger partial charge on any atom is -0.460 e. The highest BCUT2D eigenvalue weighted by atomic mass is 16.6. The third-order valence-corrected chi connectivity index (χ3v) is 6.01. The Balaban J connectivity index is 1.90. The summed E-state index contributed by atoms with van der Waals surface area (Å²) in [6.07, 6.45) is 5.64. The number of hydrogen-bond acceptors (Lipinski definition) is 3. The molecule has 0 aromatic heterocycles. The second-order valence-corrected chi connectivity index (χ2v) is 7.27. The van der Waals surface area contributed by atoms with Crippen molar-refractivity contribution < 1.29 is 14.6 Å². The highest BCUT2D eigenvalue weighted by Crippen LogP contribution is 2.57. The van der Waals surface area contributed by atoms with E-state index in [1.165, 1.54) is 19.3 Å². The molecule has 0 bridgehead atoms. The lowest BCUT2D eigenvalue weighted by Gasteiger charge is -2.52. The van der Waals surface area contributed by atoms with Gasteiger partial charge in [-0.05, 0) is 43.4 Å². The molecule has 0 radical (unpaired) electrons. The van der Waals surface area contributed by atoms with Crippen LogP contribution in [0.3, 0.4) is 0 Å². The van der Waals surface area contributed by atoms with Crippen LogP contribution >= 0.6 is 0 Å². The standard InChI is InChI=1S/C15H24O3/c1-9-5-4-6-14(2)8-12-11(7-10(9)14)15(3,17)13(16)18-12/h9-12,17H,4-8H2,1-3H3/t9-,10?,11-,12+,14+,15-/m0/s1. The summed E-state index contributed by atoms with van der Waals surface area (Å²) in [6.45, 7) is 6.31. The Labute approximate surface area is 109 Å². The maximum atomic E-state index is 11.8. The summed E-state index contributed by atoms with van der Waals surface area (Å²) in [5, 5.41) is 10.3.